The number of aliphatic hydroxyl groups is 3. The highest BCUT2D eigenvalue weighted by Crippen LogP contribution is 2.55. The Morgan fingerprint density at radius 2 is 1.82 bits per heavy atom. The molecule has 1 heterocycles. The lowest BCUT2D eigenvalue weighted by molar-refractivity contribution is -0.219. The molecule has 5 atom stereocenters. The van der Waals surface area contributed by atoms with Crippen LogP contribution in [0.25, 0.3) is 16.9 Å². The molecule has 3 aliphatic carbocycles. The van der Waals surface area contributed by atoms with Crippen LogP contribution in [0.2, 0.25) is 0 Å². The zero-order valence-corrected chi connectivity index (χ0v) is 23.0. The number of nitrogens with two attached hydrogens (primary N) is 1. The van der Waals surface area contributed by atoms with E-state index in [2.05, 4.69) is 4.98 Å². The van der Waals surface area contributed by atoms with Crippen LogP contribution in [-0.4, -0.2) is 89.1 Å². The number of ketones is 1. The highest BCUT2D eigenvalue weighted by atomic mass is 16.6. The van der Waals surface area contributed by atoms with Crippen LogP contribution >= 0.6 is 0 Å². The second-order valence-electron chi connectivity index (χ2n) is 11.1. The van der Waals surface area contributed by atoms with E-state index in [0.29, 0.717) is 12.0 Å². The van der Waals surface area contributed by atoms with Gasteiger partial charge in [0.1, 0.15) is 28.7 Å². The predicted octanol–water partition coefficient (Wildman–Crippen LogP) is 1.74. The fraction of sp³-hybridized carbons (Fsp3) is 0.414. The molecule has 1 aromatic heterocycles. The standard InChI is InChI=1S/C29H34N4O7/c1-32(2)19-9-6-13(12-31-19)15-7-8-18(34)21-16(15)10-14-11-17-22(26(36)20(14)25(21)35)29(39,40-5)23(28(30)38)27(37)24(17)33(3)4/h6-9,12,14,17,22,24,34-35,37,39H,10-11H2,1-5H3,(H2,30,38)/t14?,17?,22?,24-,29?/m0/s1. The Labute approximate surface area is 231 Å². The number of fused-ring (bicyclic) bond motifs is 3. The minimum Gasteiger partial charge on any atom is -0.510 e. The van der Waals surface area contributed by atoms with Crippen LogP contribution in [0.1, 0.15) is 17.5 Å². The maximum absolute atomic E-state index is 14.2. The maximum atomic E-state index is 14.2. The topological polar surface area (TPSA) is 170 Å². The van der Waals surface area contributed by atoms with Gasteiger partial charge >= 0.3 is 0 Å². The Morgan fingerprint density at radius 3 is 2.38 bits per heavy atom. The second kappa shape index (κ2) is 9.61. The van der Waals surface area contributed by atoms with Crippen LogP contribution in [-0.2, 0) is 20.7 Å². The van der Waals surface area contributed by atoms with Gasteiger partial charge < -0.3 is 35.8 Å². The SMILES string of the molecule is COC1(O)C(C(N)=O)=C(O)[C@@H](N(C)C)C2CC3Cc4c(-c5ccc(N(C)C)nc5)ccc(O)c4C(O)=C3C(=O)C21. The molecular formula is C29H34N4O7. The minimum absolute atomic E-state index is 0.0421. The number of ether oxygens (including phenoxy) is 1. The first-order chi connectivity index (χ1) is 18.8. The lowest BCUT2D eigenvalue weighted by atomic mass is 9.57. The van der Waals surface area contributed by atoms with Crippen molar-refractivity contribution >= 4 is 23.3 Å². The van der Waals surface area contributed by atoms with E-state index in [0.717, 1.165) is 24.1 Å². The molecule has 0 aliphatic heterocycles. The normalized spacial score (nSPS) is 27.8. The summed E-state index contributed by atoms with van der Waals surface area (Å²) in [6.45, 7) is 0. The number of pyridine rings is 1. The van der Waals surface area contributed by atoms with Crippen LogP contribution in [0.5, 0.6) is 5.75 Å². The lowest BCUT2D eigenvalue weighted by Crippen LogP contribution is -2.63. The first-order valence-electron chi connectivity index (χ1n) is 13.0. The van der Waals surface area contributed by atoms with E-state index in [9.17, 15) is 30.0 Å². The van der Waals surface area contributed by atoms with E-state index < -0.39 is 52.6 Å². The zero-order valence-electron chi connectivity index (χ0n) is 23.0. The third kappa shape index (κ3) is 3.87. The number of hydrogen-bond donors (Lipinski definition) is 5. The lowest BCUT2D eigenvalue weighted by Gasteiger charge is -2.52. The molecule has 1 amide bonds. The largest absolute Gasteiger partial charge is 0.510 e. The van der Waals surface area contributed by atoms with Gasteiger partial charge in [-0.1, -0.05) is 6.07 Å². The molecule has 4 unspecified atom stereocenters. The fourth-order valence-corrected chi connectivity index (χ4v) is 6.84. The van der Waals surface area contributed by atoms with Gasteiger partial charge in [0.25, 0.3) is 5.91 Å². The summed E-state index contributed by atoms with van der Waals surface area (Å²) < 4.78 is 5.34. The van der Waals surface area contributed by atoms with Crippen molar-refractivity contribution in [2.24, 2.45) is 23.5 Å². The first-order valence-corrected chi connectivity index (χ1v) is 13.0. The number of likely N-dealkylation sites (N-methyl/N-ethyl adjacent to an activating group) is 1. The number of allylic oxidation sites excluding steroid dienone is 1. The number of benzene rings is 1. The molecule has 0 saturated heterocycles. The molecule has 11 heteroatoms. The number of nitrogens with zero attached hydrogens (tertiary/aromatic N) is 3. The molecule has 3 aliphatic rings. The summed E-state index contributed by atoms with van der Waals surface area (Å²) in [5.41, 5.74) is 7.34. The van der Waals surface area contributed by atoms with Crippen LogP contribution in [0.4, 0.5) is 5.82 Å². The Bertz CT molecular complexity index is 1460. The molecule has 5 rings (SSSR count). The smallest absolute Gasteiger partial charge is 0.253 e. The van der Waals surface area contributed by atoms with Crippen LogP contribution in [0, 0.1) is 17.8 Å². The van der Waals surface area contributed by atoms with Crippen LogP contribution in [0.3, 0.4) is 0 Å². The number of Topliss-reactive ketones (excluding diaryl/α,β-unsaturated/α-hetero) is 1. The van der Waals surface area contributed by atoms with E-state index in [1.54, 1.807) is 31.3 Å². The molecule has 2 aromatic rings. The third-order valence-corrected chi connectivity index (χ3v) is 8.53. The van der Waals surface area contributed by atoms with Gasteiger partial charge in [0.15, 0.2) is 5.78 Å². The molecule has 1 aromatic carbocycles. The molecule has 0 radical (unpaired) electrons. The molecule has 6 N–H and O–H groups in total. The molecule has 212 valence electrons. The number of aromatic hydroxyl groups is 1. The number of hydrogen-bond acceptors (Lipinski definition) is 10. The Kier molecular flexibility index (Phi) is 6.64. The van der Waals surface area contributed by atoms with Crippen molar-refractivity contribution in [1.82, 2.24) is 9.88 Å². The van der Waals surface area contributed by atoms with E-state index in [-0.39, 0.29) is 29.1 Å². The number of primary amides is 1. The molecular weight excluding hydrogens is 516 g/mol. The fourth-order valence-electron chi connectivity index (χ4n) is 6.84. The van der Waals surface area contributed by atoms with Gasteiger partial charge in [0.05, 0.1) is 17.5 Å². The number of phenols is 1. The number of rotatable bonds is 5. The Morgan fingerprint density at radius 1 is 1.12 bits per heavy atom. The quantitative estimate of drug-likeness (QED) is 0.346. The van der Waals surface area contributed by atoms with Crippen molar-refractivity contribution < 1.29 is 34.8 Å². The van der Waals surface area contributed by atoms with Crippen molar-refractivity contribution in [2.45, 2.75) is 24.7 Å². The predicted molar refractivity (Wildman–Crippen MR) is 147 cm³/mol. The van der Waals surface area contributed by atoms with E-state index in [1.807, 2.05) is 31.1 Å². The van der Waals surface area contributed by atoms with Crippen LogP contribution in [0.15, 0.2) is 47.4 Å². The highest BCUT2D eigenvalue weighted by Gasteiger charge is 2.63. The average Bonchev–Trinajstić information content (AvgIpc) is 2.88. The Balaban J connectivity index is 1.69. The van der Waals surface area contributed by atoms with E-state index in [4.69, 9.17) is 10.5 Å². The van der Waals surface area contributed by atoms with Gasteiger partial charge in [-0.25, -0.2) is 4.98 Å². The van der Waals surface area contributed by atoms with Gasteiger partial charge in [-0.15, -0.1) is 0 Å². The molecule has 1 fully saturated rings. The third-order valence-electron chi connectivity index (χ3n) is 8.53. The van der Waals surface area contributed by atoms with Crippen molar-refractivity contribution in [2.75, 3.05) is 40.2 Å². The molecule has 40 heavy (non-hydrogen) atoms. The number of carbonyl (C=O) groups is 2. The molecule has 1 saturated carbocycles. The number of aromatic nitrogens is 1. The van der Waals surface area contributed by atoms with Gasteiger partial charge in [-0.2, -0.15) is 0 Å². The number of aliphatic hydroxyl groups excluding tert-OH is 2. The van der Waals surface area contributed by atoms with E-state index in [1.165, 1.54) is 6.07 Å². The monoisotopic (exact) mass is 550 g/mol. The molecule has 0 spiro atoms. The number of carbonyl (C=O) groups excluding carboxylic acids is 2. The summed E-state index contributed by atoms with van der Waals surface area (Å²) in [6, 6.07) is 6.18. The number of methoxy groups -OCH3 is 1. The minimum atomic E-state index is -2.51. The van der Waals surface area contributed by atoms with E-state index >= 15 is 0 Å². The highest BCUT2D eigenvalue weighted by molar-refractivity contribution is 6.08. The summed E-state index contributed by atoms with van der Waals surface area (Å²) >= 11 is 0. The maximum Gasteiger partial charge on any atom is 0.253 e. The second-order valence-corrected chi connectivity index (χ2v) is 11.1. The zero-order chi connectivity index (χ0) is 29.3. The van der Waals surface area contributed by atoms with Gasteiger partial charge in [0.2, 0.25) is 5.79 Å². The first kappa shape index (κ1) is 27.6. The average molecular weight is 551 g/mol. The number of amides is 1. The summed E-state index contributed by atoms with van der Waals surface area (Å²) in [5, 5.41) is 45.1. The van der Waals surface area contributed by atoms with Crippen LogP contribution < -0.4 is 10.6 Å². The summed E-state index contributed by atoms with van der Waals surface area (Å²) in [7, 11) is 8.28. The van der Waals surface area contributed by atoms with Crippen molar-refractivity contribution in [3.8, 4) is 16.9 Å². The molecule has 0 bridgehead atoms. The van der Waals surface area contributed by atoms with Crippen molar-refractivity contribution in [3.05, 3.63) is 58.5 Å². The van der Waals surface area contributed by atoms with Crippen molar-refractivity contribution in [3.63, 3.8) is 0 Å². The Hall–Kier alpha value is -3.93. The number of anilines is 1. The summed E-state index contributed by atoms with van der Waals surface area (Å²) in [4.78, 5) is 34.6. The van der Waals surface area contributed by atoms with Crippen molar-refractivity contribution in [1.29, 1.82) is 0 Å². The van der Waals surface area contributed by atoms with Gasteiger partial charge in [-0.05, 0) is 68.1 Å². The summed E-state index contributed by atoms with van der Waals surface area (Å²) in [5.74, 6) is -7.03. The van der Waals surface area contributed by atoms with Gasteiger partial charge in [0, 0.05) is 38.5 Å². The molecule has 11 nitrogen and oxygen atoms in total. The van der Waals surface area contributed by atoms with Gasteiger partial charge in [-0.3, -0.25) is 14.5 Å². The summed E-state index contributed by atoms with van der Waals surface area (Å²) in [6.07, 6.45) is 2.30. The number of phenolic OH excluding ortho intramolecular Hbond substituents is 1.